The Hall–Kier alpha value is -1.85. The molecule has 0 spiro atoms. The summed E-state index contributed by atoms with van der Waals surface area (Å²) < 4.78 is 1.33. The molecule has 0 aliphatic carbocycles. The SMILES string of the molecule is Cc1nc(N)c2[nH]n(C)c(=O)c2n1. The fraction of sp³-hybridized carbons (Fsp3) is 0.286. The highest BCUT2D eigenvalue weighted by Crippen LogP contribution is 2.10. The lowest BCUT2D eigenvalue weighted by molar-refractivity contribution is 0.750. The van der Waals surface area contributed by atoms with Gasteiger partial charge >= 0.3 is 0 Å². The van der Waals surface area contributed by atoms with Crippen LogP contribution in [0, 0.1) is 6.92 Å². The maximum absolute atomic E-state index is 11.4. The van der Waals surface area contributed by atoms with Crippen LogP contribution in [0.3, 0.4) is 0 Å². The van der Waals surface area contributed by atoms with Gasteiger partial charge in [-0.1, -0.05) is 0 Å². The van der Waals surface area contributed by atoms with Crippen molar-refractivity contribution in [3.63, 3.8) is 0 Å². The molecule has 0 aromatic carbocycles. The van der Waals surface area contributed by atoms with Crippen molar-refractivity contribution < 1.29 is 0 Å². The topological polar surface area (TPSA) is 89.6 Å². The molecule has 0 saturated heterocycles. The Balaban J connectivity index is 3.03. The average Bonchev–Trinajstić information content (AvgIpc) is 2.32. The zero-order valence-electron chi connectivity index (χ0n) is 7.33. The van der Waals surface area contributed by atoms with E-state index in [1.54, 1.807) is 14.0 Å². The van der Waals surface area contributed by atoms with Gasteiger partial charge in [-0.2, -0.15) is 0 Å². The Bertz CT molecular complexity index is 523. The fourth-order valence-corrected chi connectivity index (χ4v) is 1.24. The van der Waals surface area contributed by atoms with Gasteiger partial charge in [0, 0.05) is 7.05 Å². The van der Waals surface area contributed by atoms with Gasteiger partial charge in [-0.25, -0.2) is 9.97 Å². The summed E-state index contributed by atoms with van der Waals surface area (Å²) in [7, 11) is 1.61. The Morgan fingerprint density at radius 1 is 1.46 bits per heavy atom. The van der Waals surface area contributed by atoms with E-state index in [2.05, 4.69) is 15.1 Å². The molecular weight excluding hydrogens is 170 g/mol. The van der Waals surface area contributed by atoms with E-state index < -0.39 is 0 Å². The summed E-state index contributed by atoms with van der Waals surface area (Å²) in [6, 6.07) is 0. The van der Waals surface area contributed by atoms with Gasteiger partial charge in [0.25, 0.3) is 5.56 Å². The first-order valence-electron chi connectivity index (χ1n) is 3.78. The van der Waals surface area contributed by atoms with Gasteiger partial charge < -0.3 is 5.73 Å². The molecule has 0 aliphatic heterocycles. The van der Waals surface area contributed by atoms with Crippen LogP contribution >= 0.6 is 0 Å². The normalized spacial score (nSPS) is 10.9. The number of fused-ring (bicyclic) bond motifs is 1. The van der Waals surface area contributed by atoms with E-state index in [1.165, 1.54) is 4.68 Å². The second kappa shape index (κ2) is 2.32. The number of anilines is 1. The van der Waals surface area contributed by atoms with Crippen LogP contribution in [-0.2, 0) is 7.05 Å². The minimum absolute atomic E-state index is 0.188. The lowest BCUT2D eigenvalue weighted by Crippen LogP contribution is -2.12. The first-order valence-corrected chi connectivity index (χ1v) is 3.78. The van der Waals surface area contributed by atoms with E-state index in [4.69, 9.17) is 5.73 Å². The highest BCUT2D eigenvalue weighted by atomic mass is 16.1. The summed E-state index contributed by atoms with van der Waals surface area (Å²) >= 11 is 0. The molecule has 6 heteroatoms. The minimum Gasteiger partial charge on any atom is -0.382 e. The van der Waals surface area contributed by atoms with Gasteiger partial charge in [0.1, 0.15) is 11.3 Å². The first kappa shape index (κ1) is 7.78. The molecule has 0 atom stereocenters. The van der Waals surface area contributed by atoms with E-state index in [0.29, 0.717) is 22.7 Å². The fourth-order valence-electron chi connectivity index (χ4n) is 1.24. The summed E-state index contributed by atoms with van der Waals surface area (Å²) in [6.45, 7) is 1.70. The Morgan fingerprint density at radius 3 is 2.85 bits per heavy atom. The minimum atomic E-state index is -0.188. The number of nitrogens with one attached hydrogen (secondary N) is 1. The molecule has 13 heavy (non-hydrogen) atoms. The second-order valence-electron chi connectivity index (χ2n) is 2.86. The molecule has 2 rings (SSSR count). The predicted molar refractivity (Wildman–Crippen MR) is 48.3 cm³/mol. The summed E-state index contributed by atoms with van der Waals surface area (Å²) in [5.74, 6) is 0.807. The zero-order valence-corrected chi connectivity index (χ0v) is 7.33. The van der Waals surface area contributed by atoms with Gasteiger partial charge in [0.05, 0.1) is 0 Å². The number of nitrogens with zero attached hydrogens (tertiary/aromatic N) is 3. The molecule has 0 amide bonds. The van der Waals surface area contributed by atoms with Gasteiger partial charge in [0.2, 0.25) is 0 Å². The van der Waals surface area contributed by atoms with Crippen LogP contribution in [0.2, 0.25) is 0 Å². The van der Waals surface area contributed by atoms with Crippen molar-refractivity contribution in [2.24, 2.45) is 7.05 Å². The van der Waals surface area contributed by atoms with Gasteiger partial charge in [-0.15, -0.1) is 0 Å². The number of hydrogen-bond acceptors (Lipinski definition) is 4. The first-order chi connectivity index (χ1) is 6.09. The van der Waals surface area contributed by atoms with E-state index in [-0.39, 0.29) is 5.56 Å². The number of rotatable bonds is 0. The smallest absolute Gasteiger partial charge is 0.292 e. The quantitative estimate of drug-likeness (QED) is 0.573. The highest BCUT2D eigenvalue weighted by Gasteiger charge is 2.09. The van der Waals surface area contributed by atoms with Crippen molar-refractivity contribution in [1.29, 1.82) is 0 Å². The predicted octanol–water partition coefficient (Wildman–Crippen LogP) is -0.453. The van der Waals surface area contributed by atoms with Gasteiger partial charge in [-0.05, 0) is 6.92 Å². The summed E-state index contributed by atoms with van der Waals surface area (Å²) in [5, 5.41) is 2.78. The largest absolute Gasteiger partial charge is 0.382 e. The second-order valence-corrected chi connectivity index (χ2v) is 2.86. The molecule has 0 unspecified atom stereocenters. The van der Waals surface area contributed by atoms with Gasteiger partial charge in [0.15, 0.2) is 11.3 Å². The third-order valence-electron chi connectivity index (χ3n) is 1.84. The molecule has 3 N–H and O–H groups in total. The molecule has 2 aromatic rings. The average molecular weight is 179 g/mol. The monoisotopic (exact) mass is 179 g/mol. The number of nitrogens with two attached hydrogens (primary N) is 1. The van der Waals surface area contributed by atoms with Crippen LogP contribution < -0.4 is 11.3 Å². The summed E-state index contributed by atoms with van der Waals surface area (Å²) in [6.07, 6.45) is 0. The zero-order chi connectivity index (χ0) is 9.59. The van der Waals surface area contributed by atoms with Crippen molar-refractivity contribution in [2.45, 2.75) is 6.92 Å². The van der Waals surface area contributed by atoms with Crippen LogP contribution in [0.5, 0.6) is 0 Å². The standard InChI is InChI=1S/C7H9N5O/c1-3-9-5-4(6(8)10-3)11-12(2)7(5)13/h11H,1-2H3,(H2,8,9,10). The van der Waals surface area contributed by atoms with Crippen molar-refractivity contribution >= 4 is 16.9 Å². The molecular formula is C7H9N5O. The summed E-state index contributed by atoms with van der Waals surface area (Å²) in [5.41, 5.74) is 6.26. The molecule has 0 bridgehead atoms. The van der Waals surface area contributed by atoms with Crippen molar-refractivity contribution in [3.05, 3.63) is 16.2 Å². The number of aromatic nitrogens is 4. The molecule has 2 aromatic heterocycles. The van der Waals surface area contributed by atoms with Crippen LogP contribution in [-0.4, -0.2) is 19.7 Å². The van der Waals surface area contributed by atoms with E-state index >= 15 is 0 Å². The molecule has 2 heterocycles. The third kappa shape index (κ3) is 0.986. The summed E-state index contributed by atoms with van der Waals surface area (Å²) in [4.78, 5) is 19.4. The van der Waals surface area contributed by atoms with E-state index in [0.717, 1.165) is 0 Å². The van der Waals surface area contributed by atoms with Crippen molar-refractivity contribution in [2.75, 3.05) is 5.73 Å². The van der Waals surface area contributed by atoms with Crippen molar-refractivity contribution in [3.8, 4) is 0 Å². The molecule has 0 radical (unpaired) electrons. The Morgan fingerprint density at radius 2 is 2.15 bits per heavy atom. The lowest BCUT2D eigenvalue weighted by Gasteiger charge is -1.94. The van der Waals surface area contributed by atoms with Crippen LogP contribution in [0.25, 0.3) is 11.0 Å². The molecule has 0 fully saturated rings. The number of aryl methyl sites for hydroxylation is 2. The molecule has 6 nitrogen and oxygen atoms in total. The third-order valence-corrected chi connectivity index (χ3v) is 1.84. The number of aromatic amines is 1. The maximum Gasteiger partial charge on any atom is 0.292 e. The Kier molecular flexibility index (Phi) is 1.39. The molecule has 0 aliphatic rings. The van der Waals surface area contributed by atoms with Crippen LogP contribution in [0.15, 0.2) is 4.79 Å². The van der Waals surface area contributed by atoms with Crippen molar-refractivity contribution in [1.82, 2.24) is 19.7 Å². The molecule has 0 saturated carbocycles. The van der Waals surface area contributed by atoms with E-state index in [1.807, 2.05) is 0 Å². The van der Waals surface area contributed by atoms with E-state index in [9.17, 15) is 4.79 Å². The highest BCUT2D eigenvalue weighted by molar-refractivity contribution is 5.83. The molecule has 68 valence electrons. The maximum atomic E-state index is 11.4. The van der Waals surface area contributed by atoms with Crippen LogP contribution in [0.1, 0.15) is 5.82 Å². The lowest BCUT2D eigenvalue weighted by atomic mass is 10.4. The Labute approximate surface area is 73.4 Å². The van der Waals surface area contributed by atoms with Crippen LogP contribution in [0.4, 0.5) is 5.82 Å². The van der Waals surface area contributed by atoms with Gasteiger partial charge in [-0.3, -0.25) is 14.6 Å². The number of H-pyrrole nitrogens is 1. The number of nitrogen functional groups attached to an aromatic ring is 1. The number of hydrogen-bond donors (Lipinski definition) is 2.